The first kappa shape index (κ1) is 9.08. The lowest BCUT2D eigenvalue weighted by Crippen LogP contribution is -2.17. The molecule has 0 atom stereocenters. The van der Waals surface area contributed by atoms with Gasteiger partial charge in [-0.15, -0.1) is 0 Å². The Kier molecular flexibility index (Phi) is 2.69. The Labute approximate surface area is 84.8 Å². The van der Waals surface area contributed by atoms with Gasteiger partial charge in [-0.25, -0.2) is 0 Å². The number of anilines is 1. The van der Waals surface area contributed by atoms with Crippen molar-refractivity contribution in [3.05, 3.63) is 29.8 Å². The Bertz CT molecular complexity index is 346. The molecule has 0 unspecified atom stereocenters. The minimum atomic E-state index is 0.516. The number of benzene rings is 1. The van der Waals surface area contributed by atoms with E-state index in [1.807, 2.05) is 12.1 Å². The van der Waals surface area contributed by atoms with Crippen LogP contribution in [0.5, 0.6) is 0 Å². The molecule has 0 aromatic heterocycles. The van der Waals surface area contributed by atoms with Crippen LogP contribution in [0.25, 0.3) is 0 Å². The topological polar surface area (TPSA) is 27.0 Å². The molecule has 2 rings (SSSR count). The van der Waals surface area contributed by atoms with Crippen molar-refractivity contribution in [3.8, 4) is 6.07 Å². The van der Waals surface area contributed by atoms with E-state index in [1.54, 1.807) is 0 Å². The lowest BCUT2D eigenvalue weighted by molar-refractivity contribution is 0.949. The van der Waals surface area contributed by atoms with Crippen LogP contribution in [0.15, 0.2) is 24.3 Å². The van der Waals surface area contributed by atoms with E-state index >= 15 is 0 Å². The zero-order valence-corrected chi connectivity index (χ0v) is 8.24. The summed E-state index contributed by atoms with van der Waals surface area (Å²) in [6, 6.07) is 10.5. The average Bonchev–Trinajstić information content (AvgIpc) is 2.71. The molecule has 0 saturated carbocycles. The van der Waals surface area contributed by atoms with Gasteiger partial charge in [-0.3, -0.25) is 0 Å². The van der Waals surface area contributed by atoms with E-state index in [-0.39, 0.29) is 0 Å². The molecule has 0 amide bonds. The van der Waals surface area contributed by atoms with Gasteiger partial charge in [-0.2, -0.15) is 5.26 Å². The van der Waals surface area contributed by atoms with Crippen LogP contribution in [-0.2, 0) is 6.42 Å². The molecule has 1 heterocycles. The highest BCUT2D eigenvalue weighted by Crippen LogP contribution is 2.21. The molecule has 1 fully saturated rings. The van der Waals surface area contributed by atoms with Crippen LogP contribution in [0.1, 0.15) is 18.4 Å². The summed E-state index contributed by atoms with van der Waals surface area (Å²) in [4.78, 5) is 2.39. The van der Waals surface area contributed by atoms with Crippen LogP contribution in [0.2, 0.25) is 0 Å². The second-order valence-corrected chi connectivity index (χ2v) is 3.70. The minimum Gasteiger partial charge on any atom is -0.372 e. The fourth-order valence-corrected chi connectivity index (χ4v) is 1.93. The first-order chi connectivity index (χ1) is 6.90. The summed E-state index contributed by atoms with van der Waals surface area (Å²) < 4.78 is 0. The number of hydrogen-bond donors (Lipinski definition) is 0. The van der Waals surface area contributed by atoms with Crippen molar-refractivity contribution in [2.24, 2.45) is 0 Å². The van der Waals surface area contributed by atoms with Gasteiger partial charge in [-0.1, -0.05) is 12.1 Å². The van der Waals surface area contributed by atoms with Gasteiger partial charge < -0.3 is 4.90 Å². The largest absolute Gasteiger partial charge is 0.372 e. The zero-order chi connectivity index (χ0) is 9.80. The molecule has 1 saturated heterocycles. The minimum absolute atomic E-state index is 0.516. The molecule has 1 aromatic carbocycles. The highest BCUT2D eigenvalue weighted by Gasteiger charge is 2.11. The van der Waals surface area contributed by atoms with Crippen molar-refractivity contribution in [1.82, 2.24) is 0 Å². The molecule has 2 nitrogen and oxygen atoms in total. The molecule has 1 aliphatic rings. The molecule has 2 heteroatoms. The lowest BCUT2D eigenvalue weighted by atomic mass is 10.1. The Morgan fingerprint density at radius 3 is 2.79 bits per heavy atom. The van der Waals surface area contributed by atoms with Gasteiger partial charge in [0, 0.05) is 18.8 Å². The van der Waals surface area contributed by atoms with Gasteiger partial charge in [0.25, 0.3) is 0 Å². The van der Waals surface area contributed by atoms with Crippen molar-refractivity contribution < 1.29 is 0 Å². The van der Waals surface area contributed by atoms with Crippen molar-refractivity contribution >= 4 is 5.69 Å². The molecule has 72 valence electrons. The number of nitriles is 1. The van der Waals surface area contributed by atoms with Crippen LogP contribution >= 0.6 is 0 Å². The standard InChI is InChI=1S/C12H14N2/c13-7-6-11-4-3-5-12(10-11)14-8-1-2-9-14/h3-5,10H,1-2,6,8-9H2. The molecule has 0 aliphatic carbocycles. The van der Waals surface area contributed by atoms with Gasteiger partial charge in [0.2, 0.25) is 0 Å². The van der Waals surface area contributed by atoms with Crippen LogP contribution in [0.4, 0.5) is 5.69 Å². The van der Waals surface area contributed by atoms with Crippen LogP contribution in [0.3, 0.4) is 0 Å². The summed E-state index contributed by atoms with van der Waals surface area (Å²) in [5.41, 5.74) is 2.40. The third-order valence-corrected chi connectivity index (χ3v) is 2.66. The normalized spacial score (nSPS) is 15.5. The maximum Gasteiger partial charge on any atom is 0.0669 e. The molecule has 14 heavy (non-hydrogen) atoms. The Hall–Kier alpha value is -1.49. The Balaban J connectivity index is 2.17. The molecule has 1 aromatic rings. The predicted octanol–water partition coefficient (Wildman–Crippen LogP) is 2.35. The first-order valence-corrected chi connectivity index (χ1v) is 5.11. The number of hydrogen-bond acceptors (Lipinski definition) is 2. The number of nitrogens with zero attached hydrogens (tertiary/aromatic N) is 2. The smallest absolute Gasteiger partial charge is 0.0669 e. The molecular weight excluding hydrogens is 172 g/mol. The third kappa shape index (κ3) is 1.88. The van der Waals surface area contributed by atoms with Crippen molar-refractivity contribution in [2.75, 3.05) is 18.0 Å². The maximum atomic E-state index is 8.61. The van der Waals surface area contributed by atoms with Gasteiger partial charge >= 0.3 is 0 Å². The van der Waals surface area contributed by atoms with E-state index in [4.69, 9.17) is 5.26 Å². The van der Waals surface area contributed by atoms with Crippen LogP contribution < -0.4 is 4.90 Å². The van der Waals surface area contributed by atoms with E-state index in [0.717, 1.165) is 18.7 Å². The fourth-order valence-electron chi connectivity index (χ4n) is 1.93. The molecule has 1 aliphatic heterocycles. The zero-order valence-electron chi connectivity index (χ0n) is 8.24. The summed E-state index contributed by atoms with van der Waals surface area (Å²) in [6.45, 7) is 2.33. The third-order valence-electron chi connectivity index (χ3n) is 2.66. The van der Waals surface area contributed by atoms with Gasteiger partial charge in [-0.05, 0) is 30.5 Å². The predicted molar refractivity (Wildman–Crippen MR) is 57.2 cm³/mol. The molecule has 0 bridgehead atoms. The first-order valence-electron chi connectivity index (χ1n) is 5.11. The Morgan fingerprint density at radius 2 is 2.07 bits per heavy atom. The molecule has 0 spiro atoms. The summed E-state index contributed by atoms with van der Waals surface area (Å²) >= 11 is 0. The van der Waals surface area contributed by atoms with Crippen molar-refractivity contribution in [3.63, 3.8) is 0 Å². The number of rotatable bonds is 2. The highest BCUT2D eigenvalue weighted by molar-refractivity contribution is 5.49. The molecule has 0 N–H and O–H groups in total. The van der Waals surface area contributed by atoms with E-state index in [2.05, 4.69) is 23.1 Å². The summed E-state index contributed by atoms with van der Waals surface area (Å²) in [6.07, 6.45) is 3.10. The van der Waals surface area contributed by atoms with Crippen LogP contribution in [0, 0.1) is 11.3 Å². The second-order valence-electron chi connectivity index (χ2n) is 3.70. The van der Waals surface area contributed by atoms with E-state index < -0.39 is 0 Å². The monoisotopic (exact) mass is 186 g/mol. The Morgan fingerprint density at radius 1 is 1.29 bits per heavy atom. The van der Waals surface area contributed by atoms with Gasteiger partial charge in [0.05, 0.1) is 12.5 Å². The van der Waals surface area contributed by atoms with E-state index in [0.29, 0.717) is 6.42 Å². The summed E-state index contributed by atoms with van der Waals surface area (Å²) in [7, 11) is 0. The SMILES string of the molecule is N#CCc1cccc(N2CCCC2)c1. The van der Waals surface area contributed by atoms with Gasteiger partial charge in [0.15, 0.2) is 0 Å². The van der Waals surface area contributed by atoms with Crippen molar-refractivity contribution in [2.45, 2.75) is 19.3 Å². The van der Waals surface area contributed by atoms with E-state index in [9.17, 15) is 0 Å². The van der Waals surface area contributed by atoms with Crippen molar-refractivity contribution in [1.29, 1.82) is 5.26 Å². The summed E-state index contributed by atoms with van der Waals surface area (Å²) in [5.74, 6) is 0. The second kappa shape index (κ2) is 4.15. The quantitative estimate of drug-likeness (QED) is 0.709. The fraction of sp³-hybridized carbons (Fsp3) is 0.417. The molecular formula is C12H14N2. The molecule has 0 radical (unpaired) electrons. The van der Waals surface area contributed by atoms with Crippen LogP contribution in [-0.4, -0.2) is 13.1 Å². The van der Waals surface area contributed by atoms with Gasteiger partial charge in [0.1, 0.15) is 0 Å². The highest BCUT2D eigenvalue weighted by atomic mass is 15.1. The summed E-state index contributed by atoms with van der Waals surface area (Å²) in [5, 5.41) is 8.61. The lowest BCUT2D eigenvalue weighted by Gasteiger charge is -2.17. The van der Waals surface area contributed by atoms with E-state index in [1.165, 1.54) is 18.5 Å². The average molecular weight is 186 g/mol. The maximum absolute atomic E-state index is 8.61.